The van der Waals surface area contributed by atoms with Crippen LogP contribution in [0.2, 0.25) is 0 Å². The molecule has 6 heteroatoms. The number of nitrogens with zero attached hydrogens (tertiary/aromatic N) is 3. The average Bonchev–Trinajstić information content (AvgIpc) is 2.92. The van der Waals surface area contributed by atoms with Crippen molar-refractivity contribution >= 4 is 22.7 Å². The molecule has 0 bridgehead atoms. The Bertz CT molecular complexity index is 704. The maximum atomic E-state index is 5.72. The monoisotopic (exact) mass is 253 g/mol. The number of rotatable bonds is 3. The Balaban J connectivity index is 2.18. The van der Waals surface area contributed by atoms with Gasteiger partial charge in [-0.1, -0.05) is 6.07 Å². The Morgan fingerprint density at radius 3 is 2.89 bits per heavy atom. The number of hydrogen-bond acceptors (Lipinski definition) is 5. The summed E-state index contributed by atoms with van der Waals surface area (Å²) >= 11 is 0. The lowest BCUT2D eigenvalue weighted by molar-refractivity contribution is 1.10. The van der Waals surface area contributed by atoms with Gasteiger partial charge in [0.1, 0.15) is 5.82 Å². The molecule has 1 radical (unpaired) electrons. The van der Waals surface area contributed by atoms with Crippen molar-refractivity contribution in [2.24, 2.45) is 0 Å². The summed E-state index contributed by atoms with van der Waals surface area (Å²) in [7, 11) is 0. The lowest BCUT2D eigenvalue weighted by Gasteiger charge is -2.08. The van der Waals surface area contributed by atoms with Crippen molar-refractivity contribution in [2.75, 3.05) is 17.6 Å². The number of aromatic amines is 1. The van der Waals surface area contributed by atoms with Gasteiger partial charge in [0, 0.05) is 23.7 Å². The van der Waals surface area contributed by atoms with Crippen LogP contribution in [0.3, 0.4) is 0 Å². The number of nitrogens with two attached hydrogens (primary N) is 1. The molecule has 19 heavy (non-hydrogen) atoms. The molecule has 0 aliphatic rings. The topological polar surface area (TPSA) is 92.5 Å². The van der Waals surface area contributed by atoms with Crippen LogP contribution in [0.4, 0.5) is 11.8 Å². The van der Waals surface area contributed by atoms with Gasteiger partial charge in [0.25, 0.3) is 0 Å². The molecular formula is C13H13N6. The summed E-state index contributed by atoms with van der Waals surface area (Å²) < 4.78 is 0. The van der Waals surface area contributed by atoms with E-state index in [0.29, 0.717) is 12.4 Å². The second-order valence-electron chi connectivity index (χ2n) is 4.06. The van der Waals surface area contributed by atoms with E-state index in [0.717, 1.165) is 22.2 Å². The predicted molar refractivity (Wildman–Crippen MR) is 75.4 cm³/mol. The molecule has 2 aromatic heterocycles. The summed E-state index contributed by atoms with van der Waals surface area (Å²) in [6.45, 7) is 4.29. The van der Waals surface area contributed by atoms with Crippen LogP contribution in [0.5, 0.6) is 0 Å². The standard InChI is InChI=1S/C13H13N6/c1-2-15-12-9-4-3-8(10-5-6-16-19-10)7-11(9)17-13(14)18-12/h3-7H,1-2H2,(H,16,19)(H3,14,15,17,18). The first kappa shape index (κ1) is 11.5. The van der Waals surface area contributed by atoms with E-state index < -0.39 is 0 Å². The van der Waals surface area contributed by atoms with Gasteiger partial charge in [-0.25, -0.2) is 4.98 Å². The minimum Gasteiger partial charge on any atom is -0.369 e. The lowest BCUT2D eigenvalue weighted by Crippen LogP contribution is -2.04. The number of fused-ring (bicyclic) bond motifs is 1. The largest absolute Gasteiger partial charge is 0.369 e. The van der Waals surface area contributed by atoms with E-state index in [1.165, 1.54) is 0 Å². The fourth-order valence-corrected chi connectivity index (χ4v) is 1.98. The maximum absolute atomic E-state index is 5.72. The molecule has 0 spiro atoms. The van der Waals surface area contributed by atoms with Gasteiger partial charge < -0.3 is 11.1 Å². The van der Waals surface area contributed by atoms with E-state index >= 15 is 0 Å². The molecule has 0 saturated heterocycles. The highest BCUT2D eigenvalue weighted by molar-refractivity contribution is 5.92. The normalized spacial score (nSPS) is 10.8. The first-order chi connectivity index (χ1) is 9.28. The maximum Gasteiger partial charge on any atom is 0.222 e. The van der Waals surface area contributed by atoms with Crippen molar-refractivity contribution in [1.82, 2.24) is 20.2 Å². The Kier molecular flexibility index (Phi) is 2.75. The molecule has 3 aromatic rings. The van der Waals surface area contributed by atoms with Crippen LogP contribution >= 0.6 is 0 Å². The van der Waals surface area contributed by atoms with Gasteiger partial charge in [-0.3, -0.25) is 5.10 Å². The minimum absolute atomic E-state index is 0.241. The van der Waals surface area contributed by atoms with Gasteiger partial charge in [-0.15, -0.1) is 0 Å². The summed E-state index contributed by atoms with van der Waals surface area (Å²) in [5.41, 5.74) is 8.45. The van der Waals surface area contributed by atoms with Crippen LogP contribution in [-0.4, -0.2) is 26.7 Å². The van der Waals surface area contributed by atoms with E-state index in [9.17, 15) is 0 Å². The molecule has 0 amide bonds. The molecule has 0 unspecified atom stereocenters. The number of nitrogen functional groups attached to an aromatic ring is 1. The van der Waals surface area contributed by atoms with Gasteiger partial charge in [0.15, 0.2) is 0 Å². The molecule has 2 heterocycles. The zero-order valence-corrected chi connectivity index (χ0v) is 10.2. The smallest absolute Gasteiger partial charge is 0.222 e. The Morgan fingerprint density at radius 1 is 1.26 bits per heavy atom. The third-order valence-electron chi connectivity index (χ3n) is 2.82. The first-order valence-corrected chi connectivity index (χ1v) is 5.88. The molecule has 0 atom stereocenters. The number of hydrogen-bond donors (Lipinski definition) is 3. The molecule has 0 aliphatic heterocycles. The molecule has 0 aliphatic carbocycles. The molecule has 6 nitrogen and oxygen atoms in total. The summed E-state index contributed by atoms with van der Waals surface area (Å²) in [4.78, 5) is 8.44. The van der Waals surface area contributed by atoms with Gasteiger partial charge in [0.2, 0.25) is 5.95 Å². The van der Waals surface area contributed by atoms with Crippen molar-refractivity contribution in [3.05, 3.63) is 37.4 Å². The quantitative estimate of drug-likeness (QED) is 0.662. The van der Waals surface area contributed by atoms with Gasteiger partial charge >= 0.3 is 0 Å². The number of anilines is 2. The van der Waals surface area contributed by atoms with Gasteiger partial charge in [0.05, 0.1) is 11.2 Å². The van der Waals surface area contributed by atoms with Crippen molar-refractivity contribution in [3.8, 4) is 11.3 Å². The van der Waals surface area contributed by atoms with Crippen LogP contribution < -0.4 is 11.1 Å². The third kappa shape index (κ3) is 2.08. The Labute approximate surface area is 110 Å². The van der Waals surface area contributed by atoms with Crippen LogP contribution in [0.1, 0.15) is 0 Å². The number of H-pyrrole nitrogens is 1. The molecule has 0 fully saturated rings. The SMILES string of the molecule is [CH2]CNc1nc(N)nc2cc(-c3ccn[nH]3)ccc12. The van der Waals surface area contributed by atoms with Crippen molar-refractivity contribution in [2.45, 2.75) is 0 Å². The van der Waals surface area contributed by atoms with Gasteiger partial charge in [-0.2, -0.15) is 10.1 Å². The Hall–Kier alpha value is -2.63. The lowest BCUT2D eigenvalue weighted by atomic mass is 10.1. The van der Waals surface area contributed by atoms with Crippen LogP contribution in [0, 0.1) is 6.92 Å². The van der Waals surface area contributed by atoms with Crippen molar-refractivity contribution in [1.29, 1.82) is 0 Å². The van der Waals surface area contributed by atoms with Crippen LogP contribution in [-0.2, 0) is 0 Å². The highest BCUT2D eigenvalue weighted by Crippen LogP contribution is 2.26. The molecular weight excluding hydrogens is 240 g/mol. The minimum atomic E-state index is 0.241. The Morgan fingerprint density at radius 2 is 2.16 bits per heavy atom. The highest BCUT2D eigenvalue weighted by Gasteiger charge is 2.07. The van der Waals surface area contributed by atoms with E-state index in [-0.39, 0.29) is 5.95 Å². The average molecular weight is 253 g/mol. The molecule has 95 valence electrons. The second-order valence-corrected chi connectivity index (χ2v) is 4.06. The molecule has 4 N–H and O–H groups in total. The van der Waals surface area contributed by atoms with Crippen molar-refractivity contribution < 1.29 is 0 Å². The summed E-state index contributed by atoms with van der Waals surface area (Å²) in [6, 6.07) is 7.81. The fourth-order valence-electron chi connectivity index (χ4n) is 1.98. The van der Waals surface area contributed by atoms with E-state index in [2.05, 4.69) is 32.4 Å². The zero-order valence-electron chi connectivity index (χ0n) is 10.2. The first-order valence-electron chi connectivity index (χ1n) is 5.88. The van der Waals surface area contributed by atoms with Crippen LogP contribution in [0.25, 0.3) is 22.2 Å². The molecule has 0 saturated carbocycles. The fraction of sp³-hybridized carbons (Fsp3) is 0.0769. The van der Waals surface area contributed by atoms with E-state index in [1.807, 2.05) is 24.3 Å². The summed E-state index contributed by atoms with van der Waals surface area (Å²) in [5.74, 6) is 0.943. The second kappa shape index (κ2) is 4.56. The summed E-state index contributed by atoms with van der Waals surface area (Å²) in [6.07, 6.45) is 1.71. The predicted octanol–water partition coefficient (Wildman–Crippen LogP) is 1.85. The van der Waals surface area contributed by atoms with E-state index in [4.69, 9.17) is 5.73 Å². The van der Waals surface area contributed by atoms with E-state index in [1.54, 1.807) is 6.20 Å². The highest BCUT2D eigenvalue weighted by atomic mass is 15.1. The molecule has 3 rings (SSSR count). The van der Waals surface area contributed by atoms with Crippen LogP contribution in [0.15, 0.2) is 30.5 Å². The summed E-state index contributed by atoms with van der Waals surface area (Å²) in [5, 5.41) is 10.9. The van der Waals surface area contributed by atoms with Gasteiger partial charge in [-0.05, 0) is 25.1 Å². The zero-order chi connectivity index (χ0) is 13.2. The third-order valence-corrected chi connectivity index (χ3v) is 2.82. The number of aromatic nitrogens is 4. The molecule has 1 aromatic carbocycles. The van der Waals surface area contributed by atoms with Crippen molar-refractivity contribution in [3.63, 3.8) is 0 Å². The number of benzene rings is 1. The number of nitrogens with one attached hydrogen (secondary N) is 2.